The van der Waals surface area contributed by atoms with Gasteiger partial charge < -0.3 is 19.8 Å². The molecule has 1 amide bonds. The molecule has 0 spiro atoms. The molecule has 0 aliphatic carbocycles. The van der Waals surface area contributed by atoms with Crippen molar-refractivity contribution in [2.75, 3.05) is 17.8 Å². The molecule has 1 fully saturated rings. The van der Waals surface area contributed by atoms with Crippen molar-refractivity contribution >= 4 is 23.4 Å². The lowest BCUT2D eigenvalue weighted by Crippen LogP contribution is -2.57. The predicted octanol–water partition coefficient (Wildman–Crippen LogP) is 5.53. The fourth-order valence-electron chi connectivity index (χ4n) is 4.37. The lowest BCUT2D eigenvalue weighted by molar-refractivity contribution is -0.123. The fourth-order valence-corrected chi connectivity index (χ4v) is 5.67. The number of phenolic OH excluding ortho intramolecular Hbond substituents is 1. The maximum Gasteiger partial charge on any atom is 0.243 e. The van der Waals surface area contributed by atoms with Gasteiger partial charge >= 0.3 is 0 Å². The summed E-state index contributed by atoms with van der Waals surface area (Å²) in [5, 5.41) is 20.0. The van der Waals surface area contributed by atoms with Gasteiger partial charge in [-0.05, 0) is 59.2 Å². The number of aromatic nitrogens is 1. The Hall–Kier alpha value is -3.88. The molecule has 1 aromatic heterocycles. The van der Waals surface area contributed by atoms with Gasteiger partial charge in [-0.15, -0.1) is 11.8 Å². The number of rotatable bonds is 8. The number of amides is 1. The SMILES string of the molecule is COc1ccc(-c2ccc(N3C(=O)[C@H](SC[C@H](O)c4ccc(F)cc4)[C@H]3c3ccc(O)cc3)cc2)cn1. The van der Waals surface area contributed by atoms with Gasteiger partial charge in [0.1, 0.15) is 16.8 Å². The van der Waals surface area contributed by atoms with Crippen molar-refractivity contribution in [3.63, 3.8) is 0 Å². The van der Waals surface area contributed by atoms with Crippen molar-refractivity contribution in [2.24, 2.45) is 0 Å². The number of phenols is 1. The summed E-state index contributed by atoms with van der Waals surface area (Å²) in [6, 6.07) is 23.7. The summed E-state index contributed by atoms with van der Waals surface area (Å²) in [5.41, 5.74) is 4.13. The number of aliphatic hydroxyl groups excluding tert-OH is 1. The minimum absolute atomic E-state index is 0.0618. The smallest absolute Gasteiger partial charge is 0.243 e. The Balaban J connectivity index is 1.36. The average Bonchev–Trinajstić information content (AvgIpc) is 2.93. The van der Waals surface area contributed by atoms with E-state index in [0.717, 1.165) is 22.4 Å². The topological polar surface area (TPSA) is 82.9 Å². The summed E-state index contributed by atoms with van der Waals surface area (Å²) < 4.78 is 18.4. The maximum atomic E-state index is 13.3. The number of halogens is 1. The number of benzene rings is 3. The molecule has 5 rings (SSSR count). The van der Waals surface area contributed by atoms with Crippen LogP contribution >= 0.6 is 11.8 Å². The molecule has 2 heterocycles. The number of aliphatic hydroxyl groups is 1. The molecule has 0 saturated carbocycles. The van der Waals surface area contributed by atoms with E-state index < -0.39 is 11.4 Å². The molecule has 8 heteroatoms. The Morgan fingerprint density at radius 2 is 1.65 bits per heavy atom. The highest BCUT2D eigenvalue weighted by molar-refractivity contribution is 8.00. The molecule has 6 nitrogen and oxygen atoms in total. The zero-order valence-electron chi connectivity index (χ0n) is 20.0. The first-order valence-corrected chi connectivity index (χ1v) is 12.8. The van der Waals surface area contributed by atoms with Crippen LogP contribution in [0.4, 0.5) is 10.1 Å². The number of ether oxygens (including phenoxy) is 1. The van der Waals surface area contributed by atoms with E-state index >= 15 is 0 Å². The molecule has 3 aromatic carbocycles. The number of nitrogens with zero attached hydrogens (tertiary/aromatic N) is 2. The minimum Gasteiger partial charge on any atom is -0.508 e. The normalized spacial score (nSPS) is 17.8. The number of carbonyl (C=O) groups is 1. The number of methoxy groups -OCH3 is 1. The van der Waals surface area contributed by atoms with Crippen LogP contribution < -0.4 is 9.64 Å². The quantitative estimate of drug-likeness (QED) is 0.300. The molecule has 188 valence electrons. The molecule has 3 atom stereocenters. The number of thioether (sulfide) groups is 1. The van der Waals surface area contributed by atoms with Crippen molar-refractivity contribution in [1.82, 2.24) is 4.98 Å². The molecule has 1 aliphatic heterocycles. The predicted molar refractivity (Wildman–Crippen MR) is 142 cm³/mol. The van der Waals surface area contributed by atoms with Crippen molar-refractivity contribution in [3.8, 4) is 22.8 Å². The first-order chi connectivity index (χ1) is 17.9. The second-order valence-electron chi connectivity index (χ2n) is 8.70. The van der Waals surface area contributed by atoms with E-state index in [9.17, 15) is 19.4 Å². The Bertz CT molecular complexity index is 1360. The van der Waals surface area contributed by atoms with Gasteiger partial charge in [0, 0.05) is 29.3 Å². The number of carbonyl (C=O) groups excluding carboxylic acids is 1. The fraction of sp³-hybridized carbons (Fsp3) is 0.172. The first kappa shape index (κ1) is 24.8. The molecule has 0 radical (unpaired) electrons. The van der Waals surface area contributed by atoms with Gasteiger partial charge in [0.25, 0.3) is 0 Å². The van der Waals surface area contributed by atoms with Gasteiger partial charge in [0.05, 0.1) is 19.3 Å². The molecule has 37 heavy (non-hydrogen) atoms. The second-order valence-corrected chi connectivity index (χ2v) is 9.88. The summed E-state index contributed by atoms with van der Waals surface area (Å²) >= 11 is 1.37. The van der Waals surface area contributed by atoms with Crippen LogP contribution in [0.2, 0.25) is 0 Å². The van der Waals surface area contributed by atoms with Crippen LogP contribution in [0, 0.1) is 5.82 Å². The molecular weight excluding hydrogens is 491 g/mol. The lowest BCUT2D eigenvalue weighted by Gasteiger charge is -2.47. The zero-order chi connectivity index (χ0) is 25.9. The number of anilines is 1. The van der Waals surface area contributed by atoms with Gasteiger partial charge in [-0.25, -0.2) is 9.37 Å². The van der Waals surface area contributed by atoms with Crippen LogP contribution in [-0.4, -0.2) is 39.2 Å². The number of hydrogen-bond donors (Lipinski definition) is 2. The molecule has 1 aliphatic rings. The lowest BCUT2D eigenvalue weighted by atomic mass is 9.92. The summed E-state index contributed by atoms with van der Waals surface area (Å²) in [6.07, 6.45) is 0.909. The van der Waals surface area contributed by atoms with E-state index in [4.69, 9.17) is 4.74 Å². The van der Waals surface area contributed by atoms with Crippen molar-refractivity contribution < 1.29 is 24.1 Å². The Labute approximate surface area is 218 Å². The van der Waals surface area contributed by atoms with E-state index in [-0.39, 0.29) is 29.3 Å². The first-order valence-electron chi connectivity index (χ1n) is 11.7. The molecule has 4 aromatic rings. The summed E-state index contributed by atoms with van der Waals surface area (Å²) in [6.45, 7) is 0. The largest absolute Gasteiger partial charge is 0.508 e. The van der Waals surface area contributed by atoms with E-state index in [1.54, 1.807) is 60.7 Å². The maximum absolute atomic E-state index is 13.3. The molecule has 0 unspecified atom stereocenters. The van der Waals surface area contributed by atoms with Crippen LogP contribution in [0.15, 0.2) is 91.1 Å². The third-order valence-electron chi connectivity index (χ3n) is 6.39. The number of hydrogen-bond acceptors (Lipinski definition) is 6. The average molecular weight is 517 g/mol. The molecule has 1 saturated heterocycles. The highest BCUT2D eigenvalue weighted by Gasteiger charge is 2.49. The minimum atomic E-state index is -0.828. The van der Waals surface area contributed by atoms with Crippen LogP contribution in [-0.2, 0) is 4.79 Å². The van der Waals surface area contributed by atoms with Crippen LogP contribution in [0.25, 0.3) is 11.1 Å². The van der Waals surface area contributed by atoms with Crippen molar-refractivity contribution in [2.45, 2.75) is 17.4 Å². The van der Waals surface area contributed by atoms with E-state index in [1.807, 2.05) is 30.3 Å². The van der Waals surface area contributed by atoms with Crippen LogP contribution in [0.5, 0.6) is 11.6 Å². The van der Waals surface area contributed by atoms with E-state index in [1.165, 1.54) is 23.9 Å². The summed E-state index contributed by atoms with van der Waals surface area (Å²) in [7, 11) is 1.57. The highest BCUT2D eigenvalue weighted by atomic mass is 32.2. The van der Waals surface area contributed by atoms with Gasteiger partial charge in [-0.3, -0.25) is 4.79 Å². The molecule has 2 N–H and O–H groups in total. The highest BCUT2D eigenvalue weighted by Crippen LogP contribution is 2.46. The molecule has 0 bridgehead atoms. The van der Waals surface area contributed by atoms with Crippen LogP contribution in [0.3, 0.4) is 0 Å². The third kappa shape index (κ3) is 5.16. The number of aromatic hydroxyl groups is 1. The monoisotopic (exact) mass is 516 g/mol. The molecular formula is C29H25FN2O4S. The second kappa shape index (κ2) is 10.6. The summed E-state index contributed by atoms with van der Waals surface area (Å²) in [5.74, 6) is 0.544. The standard InChI is InChI=1S/C29H25FN2O4S/c1-36-26-15-8-21(16-31-26)18-4-11-23(12-5-18)32-27(20-6-13-24(33)14-7-20)28(29(32)35)37-17-25(34)19-2-9-22(30)10-3-19/h2-16,25,27-28,33-34H,17H2,1H3/t25-,27+,28+/m0/s1. The van der Waals surface area contributed by atoms with Gasteiger partial charge in [0.2, 0.25) is 11.8 Å². The number of pyridine rings is 1. The zero-order valence-corrected chi connectivity index (χ0v) is 20.8. The van der Waals surface area contributed by atoms with Gasteiger partial charge in [-0.2, -0.15) is 0 Å². The van der Waals surface area contributed by atoms with Crippen molar-refractivity contribution in [1.29, 1.82) is 0 Å². The van der Waals surface area contributed by atoms with E-state index in [2.05, 4.69) is 4.98 Å². The van der Waals surface area contributed by atoms with Gasteiger partial charge in [-0.1, -0.05) is 36.4 Å². The Morgan fingerprint density at radius 3 is 2.27 bits per heavy atom. The Kier molecular flexibility index (Phi) is 7.12. The number of β-lactam (4-membered cyclic amide) rings is 1. The van der Waals surface area contributed by atoms with E-state index in [0.29, 0.717) is 11.4 Å². The Morgan fingerprint density at radius 1 is 0.973 bits per heavy atom. The summed E-state index contributed by atoms with van der Waals surface area (Å²) in [4.78, 5) is 19.3. The van der Waals surface area contributed by atoms with Crippen molar-refractivity contribution in [3.05, 3.63) is 108 Å². The van der Waals surface area contributed by atoms with Crippen LogP contribution in [0.1, 0.15) is 23.3 Å². The third-order valence-corrected chi connectivity index (χ3v) is 7.72. The van der Waals surface area contributed by atoms with Gasteiger partial charge in [0.15, 0.2) is 0 Å².